The average molecular weight is 256 g/mol. The molecule has 2 N–H and O–H groups in total. The van der Waals surface area contributed by atoms with Crippen molar-refractivity contribution < 1.29 is 14.6 Å². The van der Waals surface area contributed by atoms with Crippen molar-refractivity contribution in [3.05, 3.63) is 0 Å². The number of piperidine rings is 1. The lowest BCUT2D eigenvalue weighted by Gasteiger charge is -2.36. The summed E-state index contributed by atoms with van der Waals surface area (Å²) in [5, 5.41) is 12.7. The number of aliphatic hydroxyl groups excluding tert-OH is 1. The molecule has 18 heavy (non-hydrogen) atoms. The summed E-state index contributed by atoms with van der Waals surface area (Å²) in [6.45, 7) is 7.34. The zero-order chi connectivity index (χ0) is 13.3. The third-order valence-electron chi connectivity index (χ3n) is 3.55. The van der Waals surface area contributed by atoms with Gasteiger partial charge in [0.2, 0.25) is 0 Å². The van der Waals surface area contributed by atoms with Crippen LogP contribution in [0.25, 0.3) is 0 Å². The van der Waals surface area contributed by atoms with Crippen LogP contribution in [0.3, 0.4) is 0 Å². The first kappa shape index (κ1) is 13.6. The molecule has 0 aliphatic carbocycles. The Kier molecular flexibility index (Phi) is 3.82. The molecule has 2 fully saturated rings. The van der Waals surface area contributed by atoms with E-state index >= 15 is 0 Å². The highest BCUT2D eigenvalue weighted by molar-refractivity contribution is 5.68. The molecule has 2 unspecified atom stereocenters. The standard InChI is InChI=1S/C13H24N2O3/c1-13(2,3)18-12(17)14-10-5-4-6-15-8-9(16)7-11(10)15/h9-11,16H,4-8H2,1-3H3,(H,14,17)/t9-,10?,11?/m0/s1. The van der Waals surface area contributed by atoms with Gasteiger partial charge in [0.25, 0.3) is 0 Å². The lowest BCUT2D eigenvalue weighted by molar-refractivity contribution is 0.0443. The number of carbonyl (C=O) groups excluding carboxylic acids is 1. The Hall–Kier alpha value is -0.810. The van der Waals surface area contributed by atoms with E-state index in [2.05, 4.69) is 10.2 Å². The Balaban J connectivity index is 1.90. The van der Waals surface area contributed by atoms with E-state index in [-0.39, 0.29) is 24.3 Å². The van der Waals surface area contributed by atoms with Gasteiger partial charge in [-0.25, -0.2) is 4.79 Å². The summed E-state index contributed by atoms with van der Waals surface area (Å²) in [7, 11) is 0. The topological polar surface area (TPSA) is 61.8 Å². The minimum atomic E-state index is -0.465. The van der Waals surface area contributed by atoms with Crippen molar-refractivity contribution in [2.45, 2.75) is 63.8 Å². The fraction of sp³-hybridized carbons (Fsp3) is 0.923. The minimum Gasteiger partial charge on any atom is -0.444 e. The molecule has 5 heteroatoms. The molecule has 1 amide bonds. The maximum absolute atomic E-state index is 11.8. The number of alkyl carbamates (subject to hydrolysis) is 1. The van der Waals surface area contributed by atoms with Gasteiger partial charge in [-0.3, -0.25) is 4.90 Å². The molecule has 2 aliphatic rings. The summed E-state index contributed by atoms with van der Waals surface area (Å²) >= 11 is 0. The first-order valence-corrected chi connectivity index (χ1v) is 6.77. The second kappa shape index (κ2) is 5.05. The van der Waals surface area contributed by atoms with E-state index < -0.39 is 5.60 Å². The molecule has 0 aromatic rings. The number of aliphatic hydroxyl groups is 1. The Morgan fingerprint density at radius 2 is 2.17 bits per heavy atom. The van der Waals surface area contributed by atoms with Crippen molar-refractivity contribution in [2.24, 2.45) is 0 Å². The van der Waals surface area contributed by atoms with Crippen LogP contribution in [0.2, 0.25) is 0 Å². The number of carbonyl (C=O) groups is 1. The average Bonchev–Trinajstić information content (AvgIpc) is 2.56. The lowest BCUT2D eigenvalue weighted by atomic mass is 9.96. The second-order valence-electron chi connectivity index (χ2n) is 6.35. The zero-order valence-corrected chi connectivity index (χ0v) is 11.5. The van der Waals surface area contributed by atoms with E-state index in [0.717, 1.165) is 32.4 Å². The Morgan fingerprint density at radius 3 is 2.83 bits per heavy atom. The molecule has 0 spiro atoms. The van der Waals surface area contributed by atoms with E-state index in [0.29, 0.717) is 0 Å². The maximum atomic E-state index is 11.8. The van der Waals surface area contributed by atoms with Crippen LogP contribution in [0.5, 0.6) is 0 Å². The number of nitrogens with one attached hydrogen (secondary N) is 1. The normalized spacial score (nSPS) is 33.0. The first-order valence-electron chi connectivity index (χ1n) is 6.77. The van der Waals surface area contributed by atoms with Crippen LogP contribution >= 0.6 is 0 Å². The first-order chi connectivity index (χ1) is 8.35. The highest BCUT2D eigenvalue weighted by Gasteiger charge is 2.39. The number of fused-ring (bicyclic) bond motifs is 1. The SMILES string of the molecule is CC(C)(C)OC(=O)NC1CCCN2C[C@@H](O)CC12. The van der Waals surface area contributed by atoms with Crippen molar-refractivity contribution in [3.8, 4) is 0 Å². The van der Waals surface area contributed by atoms with Gasteiger partial charge in [-0.15, -0.1) is 0 Å². The van der Waals surface area contributed by atoms with Crippen molar-refractivity contribution in [2.75, 3.05) is 13.1 Å². The van der Waals surface area contributed by atoms with Gasteiger partial charge in [0, 0.05) is 18.6 Å². The molecule has 5 nitrogen and oxygen atoms in total. The third-order valence-corrected chi connectivity index (χ3v) is 3.55. The number of hydrogen-bond acceptors (Lipinski definition) is 4. The molecule has 0 aromatic carbocycles. The summed E-state index contributed by atoms with van der Waals surface area (Å²) in [5.74, 6) is 0. The fourth-order valence-corrected chi connectivity index (χ4v) is 2.92. The monoisotopic (exact) mass is 256 g/mol. The van der Waals surface area contributed by atoms with Gasteiger partial charge >= 0.3 is 6.09 Å². The number of amides is 1. The van der Waals surface area contributed by atoms with E-state index in [4.69, 9.17) is 4.74 Å². The lowest BCUT2D eigenvalue weighted by Crippen LogP contribution is -2.53. The largest absolute Gasteiger partial charge is 0.444 e. The van der Waals surface area contributed by atoms with Crippen molar-refractivity contribution in [3.63, 3.8) is 0 Å². The van der Waals surface area contributed by atoms with Crippen LogP contribution in [-0.2, 0) is 4.74 Å². The fourth-order valence-electron chi connectivity index (χ4n) is 2.92. The van der Waals surface area contributed by atoms with Gasteiger partial charge in [-0.2, -0.15) is 0 Å². The highest BCUT2D eigenvalue weighted by Crippen LogP contribution is 2.27. The van der Waals surface area contributed by atoms with Crippen molar-refractivity contribution in [1.82, 2.24) is 10.2 Å². The van der Waals surface area contributed by atoms with Crippen LogP contribution in [0.15, 0.2) is 0 Å². The van der Waals surface area contributed by atoms with Crippen LogP contribution in [0.1, 0.15) is 40.0 Å². The third kappa shape index (κ3) is 3.36. The molecule has 2 aliphatic heterocycles. The molecule has 104 valence electrons. The minimum absolute atomic E-state index is 0.103. The molecule has 2 rings (SSSR count). The zero-order valence-electron chi connectivity index (χ0n) is 11.5. The maximum Gasteiger partial charge on any atom is 0.407 e. The van der Waals surface area contributed by atoms with E-state index in [1.54, 1.807) is 0 Å². The summed E-state index contributed by atoms with van der Waals surface area (Å²) in [4.78, 5) is 14.1. The predicted molar refractivity (Wildman–Crippen MR) is 68.4 cm³/mol. The predicted octanol–water partition coefficient (Wildman–Crippen LogP) is 1.11. The highest BCUT2D eigenvalue weighted by atomic mass is 16.6. The molecular weight excluding hydrogens is 232 g/mol. The summed E-state index contributed by atoms with van der Waals surface area (Å²) in [6, 6.07) is 0.368. The molecule has 0 bridgehead atoms. The van der Waals surface area contributed by atoms with Gasteiger partial charge < -0.3 is 15.2 Å². The van der Waals surface area contributed by atoms with Gasteiger partial charge in [0.1, 0.15) is 5.60 Å². The van der Waals surface area contributed by atoms with Gasteiger partial charge in [-0.1, -0.05) is 0 Å². The number of rotatable bonds is 1. The second-order valence-corrected chi connectivity index (χ2v) is 6.35. The van der Waals surface area contributed by atoms with Gasteiger partial charge in [0.15, 0.2) is 0 Å². The van der Waals surface area contributed by atoms with E-state index in [1.165, 1.54) is 0 Å². The number of ether oxygens (including phenoxy) is 1. The smallest absolute Gasteiger partial charge is 0.407 e. The number of nitrogens with zero attached hydrogens (tertiary/aromatic N) is 1. The summed E-state index contributed by atoms with van der Waals surface area (Å²) < 4.78 is 5.28. The Morgan fingerprint density at radius 1 is 1.44 bits per heavy atom. The van der Waals surface area contributed by atoms with E-state index in [9.17, 15) is 9.90 Å². The Bertz CT molecular complexity index is 314. The quantitative estimate of drug-likeness (QED) is 0.738. The molecule has 2 saturated heterocycles. The van der Waals surface area contributed by atoms with E-state index in [1.807, 2.05) is 20.8 Å². The van der Waals surface area contributed by atoms with Gasteiger partial charge in [-0.05, 0) is 46.6 Å². The van der Waals surface area contributed by atoms with Crippen LogP contribution in [0, 0.1) is 0 Å². The van der Waals surface area contributed by atoms with Crippen molar-refractivity contribution in [1.29, 1.82) is 0 Å². The molecule has 2 heterocycles. The van der Waals surface area contributed by atoms with Crippen LogP contribution < -0.4 is 5.32 Å². The molecule has 3 atom stereocenters. The molecule has 0 aromatic heterocycles. The van der Waals surface area contributed by atoms with Crippen LogP contribution in [0.4, 0.5) is 4.79 Å². The Labute approximate surface area is 108 Å². The summed E-state index contributed by atoms with van der Waals surface area (Å²) in [5.41, 5.74) is -0.465. The molecular formula is C13H24N2O3. The number of hydrogen-bond donors (Lipinski definition) is 2. The van der Waals surface area contributed by atoms with Crippen molar-refractivity contribution >= 4 is 6.09 Å². The molecule has 0 radical (unpaired) electrons. The summed E-state index contributed by atoms with van der Waals surface area (Å²) in [6.07, 6.45) is 2.17. The molecule has 0 saturated carbocycles. The van der Waals surface area contributed by atoms with Crippen LogP contribution in [-0.4, -0.2) is 53.0 Å². The van der Waals surface area contributed by atoms with Gasteiger partial charge in [0.05, 0.1) is 6.10 Å².